The number of piperidine rings is 1. The van der Waals surface area contributed by atoms with Gasteiger partial charge in [-0.05, 0) is 36.2 Å². The molecule has 9 nitrogen and oxygen atoms in total. The molecule has 0 radical (unpaired) electrons. The van der Waals surface area contributed by atoms with Crippen molar-refractivity contribution in [3.05, 3.63) is 101 Å². The van der Waals surface area contributed by atoms with Crippen molar-refractivity contribution >= 4 is 31.3 Å². The van der Waals surface area contributed by atoms with Crippen molar-refractivity contribution in [2.45, 2.75) is 32.8 Å². The fraction of sp³-hybridized carbons (Fsp3) is 0.174. The van der Waals surface area contributed by atoms with E-state index >= 15 is 0 Å². The van der Waals surface area contributed by atoms with Crippen LogP contribution in [-0.2, 0) is 24.5 Å². The minimum Gasteiger partial charge on any atom is -0.347 e. The number of nitrogens with one attached hydrogen (secondary N) is 1. The Morgan fingerprint density at radius 2 is 1.26 bits per heavy atom. The molecule has 1 fully saturated rings. The van der Waals surface area contributed by atoms with Crippen LogP contribution in [0.15, 0.2) is 94.7 Å². The Kier molecular flexibility index (Phi) is 6.00. The minimum atomic E-state index is -4.61. The van der Waals surface area contributed by atoms with E-state index in [1.165, 1.54) is 60.7 Å². The van der Waals surface area contributed by atoms with E-state index in [1.807, 2.05) is 0 Å². The number of hydrogen-bond donors (Lipinski definition) is 1. The molecule has 11 heteroatoms. The zero-order valence-electron chi connectivity index (χ0n) is 17.7. The van der Waals surface area contributed by atoms with Crippen molar-refractivity contribution in [2.75, 3.05) is 0 Å². The molecule has 0 bridgehead atoms. The normalized spacial score (nSPS) is 18.1. The van der Waals surface area contributed by atoms with Crippen LogP contribution >= 0.6 is 0 Å². The van der Waals surface area contributed by atoms with Gasteiger partial charge in [0.2, 0.25) is 29.7 Å². The number of carbonyl (C=O) groups is 1. The number of benzene rings is 3. The maximum Gasteiger partial charge on any atom is 0.269 e. The number of nitro groups is 1. The van der Waals surface area contributed by atoms with Gasteiger partial charge < -0.3 is 5.32 Å². The van der Waals surface area contributed by atoms with Crippen molar-refractivity contribution in [3.8, 4) is 0 Å². The molecule has 0 spiro atoms. The fourth-order valence-electron chi connectivity index (χ4n) is 4.22. The lowest BCUT2D eigenvalue weighted by atomic mass is 9.95. The first-order valence-corrected chi connectivity index (χ1v) is 13.2. The molecule has 1 heterocycles. The highest BCUT2D eigenvalue weighted by atomic mass is 32.3. The quantitative estimate of drug-likeness (QED) is 0.405. The second-order valence-corrected chi connectivity index (χ2v) is 12.5. The lowest BCUT2D eigenvalue weighted by molar-refractivity contribution is -0.384. The number of nitrogens with zero attached hydrogens (tertiary/aromatic N) is 1. The van der Waals surface area contributed by atoms with E-state index in [1.54, 1.807) is 12.1 Å². The summed E-state index contributed by atoms with van der Waals surface area (Å²) in [4.78, 5) is 22.5. The van der Waals surface area contributed by atoms with Crippen molar-refractivity contribution < 1.29 is 26.6 Å². The third-order valence-electron chi connectivity index (χ3n) is 5.90. The summed E-state index contributed by atoms with van der Waals surface area (Å²) in [6.07, 6.45) is -0.823. The summed E-state index contributed by atoms with van der Waals surface area (Å²) in [6, 6.07) is 17.7. The summed E-state index contributed by atoms with van der Waals surface area (Å²) in [7, 11) is -9.23. The number of nitro benzene ring substituents is 1. The van der Waals surface area contributed by atoms with Crippen LogP contribution in [-0.4, -0.2) is 31.7 Å². The Hall–Kier alpha value is -3.57. The topological polar surface area (TPSA) is 141 Å². The van der Waals surface area contributed by atoms with Gasteiger partial charge in [0.1, 0.15) is 0 Å². The SMILES string of the molecule is O=C1CCC(S(=O)(=O)c2ccccc2)(S(=O)(=O)c2ccccc2)[C@@H](c2ccc([N+](=O)[O-])cc2)N1. The standard InChI is InChI=1S/C23H20N2O7S2/c26-21-15-16-23(33(29,30)19-7-3-1-4-8-19,34(31,32)20-9-5-2-6-10-20)22(24-21)17-11-13-18(14-12-17)25(27)28/h1-14,22H,15-16H2,(H,24,26)/t22-/m1/s1. The fourth-order valence-corrected chi connectivity index (χ4v) is 9.54. The summed E-state index contributed by atoms with van der Waals surface area (Å²) in [5.74, 6) is -0.523. The van der Waals surface area contributed by atoms with Gasteiger partial charge in [0.15, 0.2) is 0 Å². The Labute approximate surface area is 196 Å². The molecule has 176 valence electrons. The van der Waals surface area contributed by atoms with Gasteiger partial charge >= 0.3 is 0 Å². The second-order valence-electron chi connectivity index (χ2n) is 7.79. The highest BCUT2D eigenvalue weighted by Gasteiger charge is 2.63. The van der Waals surface area contributed by atoms with Gasteiger partial charge in [-0.15, -0.1) is 0 Å². The molecule has 0 saturated carbocycles. The molecule has 3 aromatic carbocycles. The summed E-state index contributed by atoms with van der Waals surface area (Å²) in [5, 5.41) is 13.7. The first-order valence-electron chi connectivity index (χ1n) is 10.2. The molecular formula is C23H20N2O7S2. The summed E-state index contributed by atoms with van der Waals surface area (Å²) in [6.45, 7) is 0. The van der Waals surface area contributed by atoms with E-state index < -0.39 is 47.0 Å². The molecule has 1 saturated heterocycles. The van der Waals surface area contributed by atoms with Crippen LogP contribution in [0.5, 0.6) is 0 Å². The zero-order valence-corrected chi connectivity index (χ0v) is 19.3. The average Bonchev–Trinajstić information content (AvgIpc) is 2.85. The van der Waals surface area contributed by atoms with E-state index in [0.717, 1.165) is 12.1 Å². The number of sulfone groups is 2. The predicted molar refractivity (Wildman–Crippen MR) is 123 cm³/mol. The summed E-state index contributed by atoms with van der Waals surface area (Å²) in [5.41, 5.74) is -0.133. The molecule has 3 aromatic rings. The second kappa shape index (κ2) is 8.65. The minimum absolute atomic E-state index is 0.123. The summed E-state index contributed by atoms with van der Waals surface area (Å²) < 4.78 is 54.1. The number of rotatable bonds is 6. The van der Waals surface area contributed by atoms with Gasteiger partial charge in [0.05, 0.1) is 20.8 Å². The van der Waals surface area contributed by atoms with Gasteiger partial charge in [-0.25, -0.2) is 16.8 Å². The predicted octanol–water partition coefficient (Wildman–Crippen LogP) is 3.19. The zero-order chi connectivity index (χ0) is 24.6. The maximum absolute atomic E-state index is 14.2. The number of amides is 1. The highest BCUT2D eigenvalue weighted by Crippen LogP contribution is 2.49. The van der Waals surface area contributed by atoms with Gasteiger partial charge in [0.25, 0.3) is 5.69 Å². The smallest absolute Gasteiger partial charge is 0.269 e. The van der Waals surface area contributed by atoms with Crippen molar-refractivity contribution in [2.24, 2.45) is 0 Å². The maximum atomic E-state index is 14.2. The monoisotopic (exact) mass is 500 g/mol. The van der Waals surface area contributed by atoms with E-state index in [4.69, 9.17) is 0 Å². The molecule has 1 atom stereocenters. The van der Waals surface area contributed by atoms with Crippen LogP contribution in [0.3, 0.4) is 0 Å². The molecule has 1 amide bonds. The molecular weight excluding hydrogens is 480 g/mol. The van der Waals surface area contributed by atoms with Gasteiger partial charge in [0, 0.05) is 18.6 Å². The Balaban J connectivity index is 2.04. The van der Waals surface area contributed by atoms with Crippen LogP contribution in [0.4, 0.5) is 5.69 Å². The van der Waals surface area contributed by atoms with Crippen LogP contribution in [0.1, 0.15) is 24.4 Å². The lowest BCUT2D eigenvalue weighted by Crippen LogP contribution is -2.59. The molecule has 1 aliphatic heterocycles. The Morgan fingerprint density at radius 3 is 1.71 bits per heavy atom. The highest BCUT2D eigenvalue weighted by molar-refractivity contribution is 8.10. The van der Waals surface area contributed by atoms with E-state index in [9.17, 15) is 31.7 Å². The molecule has 4 rings (SSSR count). The Morgan fingerprint density at radius 1 is 0.794 bits per heavy atom. The van der Waals surface area contributed by atoms with Gasteiger partial charge in [-0.1, -0.05) is 48.5 Å². The van der Waals surface area contributed by atoms with Crippen molar-refractivity contribution in [1.82, 2.24) is 5.32 Å². The van der Waals surface area contributed by atoms with Crippen molar-refractivity contribution in [1.29, 1.82) is 0 Å². The summed E-state index contributed by atoms with van der Waals surface area (Å²) >= 11 is 0. The molecule has 34 heavy (non-hydrogen) atoms. The van der Waals surface area contributed by atoms with E-state index in [2.05, 4.69) is 5.32 Å². The lowest BCUT2D eigenvalue weighted by Gasteiger charge is -2.42. The third-order valence-corrected chi connectivity index (χ3v) is 11.7. The molecule has 0 aliphatic carbocycles. The van der Waals surface area contributed by atoms with E-state index in [-0.39, 0.29) is 27.5 Å². The van der Waals surface area contributed by atoms with Gasteiger partial charge in [-0.2, -0.15) is 0 Å². The van der Waals surface area contributed by atoms with Crippen LogP contribution in [0, 0.1) is 10.1 Å². The molecule has 1 aliphatic rings. The number of non-ortho nitro benzene ring substituents is 1. The first-order chi connectivity index (χ1) is 16.1. The van der Waals surface area contributed by atoms with E-state index in [0.29, 0.717) is 0 Å². The van der Waals surface area contributed by atoms with Gasteiger partial charge in [-0.3, -0.25) is 14.9 Å². The first kappa shape index (κ1) is 23.6. The Bertz CT molecular complexity index is 1370. The number of hydrogen-bond acceptors (Lipinski definition) is 7. The average molecular weight is 501 g/mol. The largest absolute Gasteiger partial charge is 0.347 e. The third kappa shape index (κ3) is 3.66. The van der Waals surface area contributed by atoms with Crippen LogP contribution < -0.4 is 5.32 Å². The molecule has 1 N–H and O–H groups in total. The molecule has 0 aromatic heterocycles. The van der Waals surface area contributed by atoms with Crippen LogP contribution in [0.2, 0.25) is 0 Å². The van der Waals surface area contributed by atoms with Crippen LogP contribution in [0.25, 0.3) is 0 Å². The number of carbonyl (C=O) groups excluding carboxylic acids is 1. The van der Waals surface area contributed by atoms with Crippen molar-refractivity contribution in [3.63, 3.8) is 0 Å². The molecule has 0 unspecified atom stereocenters.